The lowest BCUT2D eigenvalue weighted by Crippen LogP contribution is -2.25. The number of aromatic nitrogens is 2. The Morgan fingerprint density at radius 1 is 1.52 bits per heavy atom. The number of hydrogen-bond donors (Lipinski definition) is 2. The molecule has 2 N–H and O–H groups in total. The molecule has 0 atom stereocenters. The van der Waals surface area contributed by atoms with Crippen LogP contribution in [0.5, 0.6) is 0 Å². The van der Waals surface area contributed by atoms with Crippen molar-refractivity contribution >= 4 is 45.1 Å². The number of benzene rings is 1. The van der Waals surface area contributed by atoms with Crippen molar-refractivity contribution in [1.82, 2.24) is 14.9 Å². The van der Waals surface area contributed by atoms with Gasteiger partial charge in [0.1, 0.15) is 5.82 Å². The first-order valence-electron chi connectivity index (χ1n) is 6.91. The van der Waals surface area contributed by atoms with Gasteiger partial charge in [-0.25, -0.2) is 4.39 Å². The van der Waals surface area contributed by atoms with E-state index in [1.54, 1.807) is 6.07 Å². The average Bonchev–Trinajstić information content (AvgIpc) is 3.18. The van der Waals surface area contributed by atoms with Crippen molar-refractivity contribution in [2.45, 2.75) is 38.3 Å². The molecule has 1 aromatic carbocycles. The molecule has 112 valence electrons. The first kappa shape index (κ1) is 14.7. The van der Waals surface area contributed by atoms with E-state index >= 15 is 0 Å². The Kier molecular flexibility index (Phi) is 4.12. The Bertz CT molecular complexity index is 750. The number of amides is 1. The normalized spacial score (nSPS) is 14.6. The second-order valence-corrected chi connectivity index (χ2v) is 6.55. The molecule has 0 saturated heterocycles. The molecule has 3 rings (SSSR count). The number of nitrogens with one attached hydrogen (secondary N) is 2. The zero-order valence-electron chi connectivity index (χ0n) is 11.3. The number of aryl methyl sites for hydroxylation is 1. The molecule has 1 aromatic heterocycles. The van der Waals surface area contributed by atoms with Gasteiger partial charge in [-0.1, -0.05) is 0 Å². The maximum absolute atomic E-state index is 13.5. The van der Waals surface area contributed by atoms with E-state index in [4.69, 9.17) is 12.2 Å². The minimum absolute atomic E-state index is 0.0936. The zero-order valence-corrected chi connectivity index (χ0v) is 13.7. The van der Waals surface area contributed by atoms with Crippen molar-refractivity contribution in [2.75, 3.05) is 0 Å². The minimum Gasteiger partial charge on any atom is -0.353 e. The topological polar surface area (TPSA) is 49.8 Å². The Morgan fingerprint density at radius 3 is 3.00 bits per heavy atom. The molecule has 2 aromatic rings. The van der Waals surface area contributed by atoms with Gasteiger partial charge >= 0.3 is 0 Å². The van der Waals surface area contributed by atoms with Crippen molar-refractivity contribution in [1.29, 1.82) is 0 Å². The third kappa shape index (κ3) is 3.35. The van der Waals surface area contributed by atoms with Crippen LogP contribution in [0.25, 0.3) is 11.0 Å². The fourth-order valence-corrected chi connectivity index (χ4v) is 2.93. The summed E-state index contributed by atoms with van der Waals surface area (Å²) in [5.74, 6) is -0.231. The Balaban J connectivity index is 1.71. The standard InChI is InChI=1S/C14H15BrFN3OS/c15-9-6-12-11(7-10(9)16)18-14(21)19(12)5-1-2-13(20)17-8-3-4-8/h6-8H,1-5H2,(H,17,20)(H,18,21). The van der Waals surface area contributed by atoms with Gasteiger partial charge in [-0.05, 0) is 53.5 Å². The summed E-state index contributed by atoms with van der Waals surface area (Å²) in [5.41, 5.74) is 1.51. The van der Waals surface area contributed by atoms with Gasteiger partial charge in [-0.3, -0.25) is 4.79 Å². The van der Waals surface area contributed by atoms with Gasteiger partial charge in [0.15, 0.2) is 4.77 Å². The second kappa shape index (κ2) is 5.88. The van der Waals surface area contributed by atoms with Gasteiger partial charge in [-0.2, -0.15) is 0 Å². The van der Waals surface area contributed by atoms with Crippen LogP contribution < -0.4 is 5.32 Å². The smallest absolute Gasteiger partial charge is 0.220 e. The maximum Gasteiger partial charge on any atom is 0.220 e. The van der Waals surface area contributed by atoms with Crippen LogP contribution in [0.15, 0.2) is 16.6 Å². The van der Waals surface area contributed by atoms with E-state index in [1.165, 1.54) is 6.07 Å². The number of fused-ring (bicyclic) bond motifs is 1. The first-order chi connectivity index (χ1) is 10.0. The Hall–Kier alpha value is -1.21. The van der Waals surface area contributed by atoms with Crippen LogP contribution in [0, 0.1) is 10.6 Å². The van der Waals surface area contributed by atoms with Crippen molar-refractivity contribution < 1.29 is 9.18 Å². The van der Waals surface area contributed by atoms with E-state index < -0.39 is 0 Å². The maximum atomic E-state index is 13.5. The molecule has 0 radical (unpaired) electrons. The number of carbonyl (C=O) groups excluding carboxylic acids is 1. The fraction of sp³-hybridized carbons (Fsp3) is 0.429. The average molecular weight is 372 g/mol. The molecule has 1 aliphatic carbocycles. The summed E-state index contributed by atoms with van der Waals surface area (Å²) in [7, 11) is 0. The molecule has 0 spiro atoms. The van der Waals surface area contributed by atoms with E-state index in [2.05, 4.69) is 26.2 Å². The summed E-state index contributed by atoms with van der Waals surface area (Å²) in [5, 5.41) is 2.96. The summed E-state index contributed by atoms with van der Waals surface area (Å²) >= 11 is 8.45. The SMILES string of the molecule is O=C(CCCn1c(=S)[nH]c2cc(F)c(Br)cc21)NC1CC1. The largest absolute Gasteiger partial charge is 0.353 e. The van der Waals surface area contributed by atoms with Crippen molar-refractivity contribution in [2.24, 2.45) is 0 Å². The first-order valence-corrected chi connectivity index (χ1v) is 8.11. The molecule has 21 heavy (non-hydrogen) atoms. The van der Waals surface area contributed by atoms with Crippen molar-refractivity contribution in [3.8, 4) is 0 Å². The summed E-state index contributed by atoms with van der Waals surface area (Å²) in [6.07, 6.45) is 3.37. The van der Waals surface area contributed by atoms with Crippen LogP contribution in [0.1, 0.15) is 25.7 Å². The van der Waals surface area contributed by atoms with E-state index in [9.17, 15) is 9.18 Å². The van der Waals surface area contributed by atoms with Gasteiger partial charge < -0.3 is 14.9 Å². The predicted molar refractivity (Wildman–Crippen MR) is 85.2 cm³/mol. The van der Waals surface area contributed by atoms with Crippen LogP contribution in [0.4, 0.5) is 4.39 Å². The van der Waals surface area contributed by atoms with Crippen LogP contribution in [0.3, 0.4) is 0 Å². The third-order valence-electron chi connectivity index (χ3n) is 3.54. The van der Waals surface area contributed by atoms with Crippen LogP contribution in [0.2, 0.25) is 0 Å². The second-order valence-electron chi connectivity index (χ2n) is 5.31. The molecule has 1 aliphatic rings. The number of carbonyl (C=O) groups is 1. The van der Waals surface area contributed by atoms with E-state index in [0.717, 1.165) is 18.4 Å². The molecule has 1 amide bonds. The van der Waals surface area contributed by atoms with Crippen molar-refractivity contribution in [3.05, 3.63) is 27.2 Å². The lowest BCUT2D eigenvalue weighted by atomic mass is 10.2. The molecular formula is C14H15BrFN3OS. The number of nitrogens with zero attached hydrogens (tertiary/aromatic N) is 1. The quantitative estimate of drug-likeness (QED) is 0.787. The molecule has 0 bridgehead atoms. The van der Waals surface area contributed by atoms with Gasteiger partial charge in [0, 0.05) is 25.1 Å². The Morgan fingerprint density at radius 2 is 2.29 bits per heavy atom. The van der Waals surface area contributed by atoms with Gasteiger partial charge in [0.05, 0.1) is 15.5 Å². The Labute approximate surface area is 134 Å². The molecule has 0 aliphatic heterocycles. The monoisotopic (exact) mass is 371 g/mol. The summed E-state index contributed by atoms with van der Waals surface area (Å²) in [6, 6.07) is 3.53. The highest BCUT2D eigenvalue weighted by Gasteiger charge is 2.22. The highest BCUT2D eigenvalue weighted by atomic mass is 79.9. The lowest BCUT2D eigenvalue weighted by molar-refractivity contribution is -0.121. The minimum atomic E-state index is -0.324. The van der Waals surface area contributed by atoms with Gasteiger partial charge in [0.2, 0.25) is 5.91 Å². The number of H-pyrrole nitrogens is 1. The molecule has 7 heteroatoms. The molecule has 1 heterocycles. The van der Waals surface area contributed by atoms with Crippen LogP contribution in [-0.2, 0) is 11.3 Å². The molecule has 4 nitrogen and oxygen atoms in total. The number of aromatic amines is 1. The summed E-state index contributed by atoms with van der Waals surface area (Å²) < 4.78 is 16.4. The summed E-state index contributed by atoms with van der Waals surface area (Å²) in [6.45, 7) is 0.634. The molecule has 1 saturated carbocycles. The summed E-state index contributed by atoms with van der Waals surface area (Å²) in [4.78, 5) is 14.6. The van der Waals surface area contributed by atoms with Crippen LogP contribution >= 0.6 is 28.1 Å². The van der Waals surface area contributed by atoms with Gasteiger partial charge in [0.25, 0.3) is 0 Å². The number of hydrogen-bond acceptors (Lipinski definition) is 2. The lowest BCUT2D eigenvalue weighted by Gasteiger charge is -2.06. The number of imidazole rings is 1. The highest BCUT2D eigenvalue weighted by Crippen LogP contribution is 2.23. The molecule has 1 fully saturated rings. The van der Waals surface area contributed by atoms with Gasteiger partial charge in [-0.15, -0.1) is 0 Å². The van der Waals surface area contributed by atoms with E-state index in [1.807, 2.05) is 4.57 Å². The van der Waals surface area contributed by atoms with Crippen LogP contribution in [-0.4, -0.2) is 21.5 Å². The fourth-order valence-electron chi connectivity index (χ4n) is 2.30. The number of rotatable bonds is 5. The zero-order chi connectivity index (χ0) is 15.0. The molecule has 0 unspecified atom stereocenters. The third-order valence-corrected chi connectivity index (χ3v) is 4.47. The van der Waals surface area contributed by atoms with E-state index in [-0.39, 0.29) is 11.7 Å². The van der Waals surface area contributed by atoms with E-state index in [0.29, 0.717) is 40.2 Å². The predicted octanol–water partition coefficient (Wildman–Crippen LogP) is 3.66. The van der Waals surface area contributed by atoms with Crippen molar-refractivity contribution in [3.63, 3.8) is 0 Å². The highest BCUT2D eigenvalue weighted by molar-refractivity contribution is 9.10. The number of halogens is 2. The molecular weight excluding hydrogens is 357 g/mol.